The van der Waals surface area contributed by atoms with Crippen molar-refractivity contribution in [3.63, 3.8) is 0 Å². The second-order valence-corrected chi connectivity index (χ2v) is 15.0. The molecule has 2 heteroatoms. The van der Waals surface area contributed by atoms with E-state index < -0.39 is 0 Å². The maximum Gasteiger partial charge on any atom is 0.136 e. The van der Waals surface area contributed by atoms with Gasteiger partial charge in [0, 0.05) is 27.8 Å². The van der Waals surface area contributed by atoms with Crippen molar-refractivity contribution in [2.24, 2.45) is 0 Å². The zero-order chi connectivity index (χ0) is 38.4. The summed E-state index contributed by atoms with van der Waals surface area (Å²) < 4.78 is 6.30. The van der Waals surface area contributed by atoms with Crippen LogP contribution in [0.3, 0.4) is 0 Å². The summed E-state index contributed by atoms with van der Waals surface area (Å²) in [4.78, 5) is 2.37. The first-order valence-corrected chi connectivity index (χ1v) is 19.8. The van der Waals surface area contributed by atoms with Gasteiger partial charge in [-0.3, -0.25) is 0 Å². The van der Waals surface area contributed by atoms with Crippen LogP contribution in [0.15, 0.2) is 229 Å². The van der Waals surface area contributed by atoms with Gasteiger partial charge in [-0.25, -0.2) is 0 Å². The van der Waals surface area contributed by atoms with Gasteiger partial charge < -0.3 is 9.32 Å². The van der Waals surface area contributed by atoms with Gasteiger partial charge in [0.15, 0.2) is 0 Å². The number of anilines is 3. The molecule has 58 heavy (non-hydrogen) atoms. The fourth-order valence-electron chi connectivity index (χ4n) is 8.50. The van der Waals surface area contributed by atoms with E-state index in [0.717, 1.165) is 55.7 Å². The van der Waals surface area contributed by atoms with Crippen LogP contribution in [0.1, 0.15) is 0 Å². The molecule has 0 bridgehead atoms. The number of benzene rings is 10. The summed E-state index contributed by atoms with van der Waals surface area (Å²) in [6.07, 6.45) is 0. The molecule has 1 aromatic heterocycles. The number of nitrogens with zero attached hydrogens (tertiary/aromatic N) is 1. The number of hydrogen-bond acceptors (Lipinski definition) is 2. The predicted octanol–water partition coefficient (Wildman–Crippen LogP) is 16.0. The van der Waals surface area contributed by atoms with Crippen molar-refractivity contribution < 1.29 is 4.42 Å². The van der Waals surface area contributed by atoms with Gasteiger partial charge in [0.2, 0.25) is 0 Å². The van der Waals surface area contributed by atoms with Crippen molar-refractivity contribution >= 4 is 60.5 Å². The normalized spacial score (nSPS) is 11.4. The Morgan fingerprint density at radius 1 is 0.276 bits per heavy atom. The summed E-state index contributed by atoms with van der Waals surface area (Å²) in [7, 11) is 0. The third kappa shape index (κ3) is 6.09. The highest BCUT2D eigenvalue weighted by atomic mass is 16.3. The fraction of sp³-hybridized carbons (Fsp3) is 0. The van der Waals surface area contributed by atoms with E-state index in [2.05, 4.69) is 217 Å². The molecule has 0 unspecified atom stereocenters. The van der Waals surface area contributed by atoms with Gasteiger partial charge in [0.25, 0.3) is 0 Å². The van der Waals surface area contributed by atoms with E-state index in [1.54, 1.807) is 0 Å². The van der Waals surface area contributed by atoms with Crippen molar-refractivity contribution in [3.8, 4) is 44.5 Å². The van der Waals surface area contributed by atoms with E-state index in [9.17, 15) is 0 Å². The second kappa shape index (κ2) is 14.1. The highest BCUT2D eigenvalue weighted by molar-refractivity contribution is 6.12. The lowest BCUT2D eigenvalue weighted by Crippen LogP contribution is -2.10. The smallest absolute Gasteiger partial charge is 0.136 e. The molecule has 2 nitrogen and oxygen atoms in total. The molecular formula is C56H37NO. The van der Waals surface area contributed by atoms with Crippen LogP contribution in [-0.2, 0) is 0 Å². The molecule has 10 aromatic carbocycles. The van der Waals surface area contributed by atoms with Crippen LogP contribution in [0.2, 0.25) is 0 Å². The van der Waals surface area contributed by atoms with E-state index in [1.807, 2.05) is 12.1 Å². The molecule has 0 spiro atoms. The SMILES string of the molecule is c1cc(-c2ccc(-c3ccc4ccccc4c3)cc2)cc(N(c2ccc(-c3ccc4ccccc4c3)cc2)c2cccc(-c3cccc4oc5ccccc5c34)c2)c1. The standard InChI is InChI=1S/C56H37NO/c1-3-12-43-34-46(28-26-38(43)10-1)41-24-22-40(23-25-41)45-14-7-16-50(36-45)57(49-32-30-42(31-33-49)47-29-27-39-11-2-4-13-44(39)35-47)51-17-8-15-48(37-51)52-19-9-21-55-56(52)53-18-5-6-20-54(53)58-55/h1-37H. The van der Waals surface area contributed by atoms with Crippen LogP contribution < -0.4 is 4.90 Å². The minimum Gasteiger partial charge on any atom is -0.456 e. The van der Waals surface area contributed by atoms with Gasteiger partial charge in [-0.1, -0.05) is 164 Å². The Kier molecular flexibility index (Phi) is 8.19. The van der Waals surface area contributed by atoms with Crippen LogP contribution in [0, 0.1) is 0 Å². The third-order valence-corrected chi connectivity index (χ3v) is 11.4. The monoisotopic (exact) mass is 739 g/mol. The predicted molar refractivity (Wildman–Crippen MR) is 245 cm³/mol. The largest absolute Gasteiger partial charge is 0.456 e. The Hall–Kier alpha value is -7.68. The maximum atomic E-state index is 6.30. The van der Waals surface area contributed by atoms with Gasteiger partial charge in [-0.05, 0) is 127 Å². The molecule has 0 saturated carbocycles. The van der Waals surface area contributed by atoms with Crippen molar-refractivity contribution in [2.45, 2.75) is 0 Å². The van der Waals surface area contributed by atoms with Gasteiger partial charge in [0.1, 0.15) is 11.2 Å². The molecule has 0 amide bonds. The molecule has 272 valence electrons. The Balaban J connectivity index is 1.00. The molecule has 0 fully saturated rings. The summed E-state index contributed by atoms with van der Waals surface area (Å²) in [6.45, 7) is 0. The average molecular weight is 740 g/mol. The lowest BCUT2D eigenvalue weighted by atomic mass is 9.97. The van der Waals surface area contributed by atoms with Gasteiger partial charge in [-0.2, -0.15) is 0 Å². The number of hydrogen-bond donors (Lipinski definition) is 0. The molecular weight excluding hydrogens is 703 g/mol. The van der Waals surface area contributed by atoms with Crippen molar-refractivity contribution in [1.82, 2.24) is 0 Å². The molecule has 0 saturated heterocycles. The number of fused-ring (bicyclic) bond motifs is 5. The number of furan rings is 1. The third-order valence-electron chi connectivity index (χ3n) is 11.4. The summed E-state index contributed by atoms with van der Waals surface area (Å²) in [6, 6.07) is 80.8. The minimum absolute atomic E-state index is 0.893. The lowest BCUT2D eigenvalue weighted by Gasteiger charge is -2.27. The first-order chi connectivity index (χ1) is 28.7. The molecule has 0 radical (unpaired) electrons. The fourth-order valence-corrected chi connectivity index (χ4v) is 8.50. The summed E-state index contributed by atoms with van der Waals surface area (Å²) in [5, 5.41) is 7.25. The quantitative estimate of drug-likeness (QED) is 0.162. The van der Waals surface area contributed by atoms with Gasteiger partial charge >= 0.3 is 0 Å². The molecule has 0 atom stereocenters. The van der Waals surface area contributed by atoms with Crippen LogP contribution in [-0.4, -0.2) is 0 Å². The summed E-state index contributed by atoms with van der Waals surface area (Å²) in [5.41, 5.74) is 14.4. The van der Waals surface area contributed by atoms with E-state index >= 15 is 0 Å². The number of rotatable bonds is 7. The van der Waals surface area contributed by atoms with E-state index in [0.29, 0.717) is 0 Å². The van der Waals surface area contributed by atoms with Crippen LogP contribution in [0.25, 0.3) is 88.0 Å². The first kappa shape index (κ1) is 33.6. The number of para-hydroxylation sites is 1. The topological polar surface area (TPSA) is 16.4 Å². The average Bonchev–Trinajstić information content (AvgIpc) is 3.68. The van der Waals surface area contributed by atoms with Gasteiger partial charge in [0.05, 0.1) is 0 Å². The lowest BCUT2D eigenvalue weighted by molar-refractivity contribution is 0.669. The van der Waals surface area contributed by atoms with Crippen LogP contribution in [0.4, 0.5) is 17.1 Å². The molecule has 0 N–H and O–H groups in total. The second-order valence-electron chi connectivity index (χ2n) is 15.0. The molecule has 0 aliphatic rings. The van der Waals surface area contributed by atoms with Crippen LogP contribution in [0.5, 0.6) is 0 Å². The summed E-state index contributed by atoms with van der Waals surface area (Å²) in [5.74, 6) is 0. The van der Waals surface area contributed by atoms with Crippen molar-refractivity contribution in [3.05, 3.63) is 224 Å². The van der Waals surface area contributed by atoms with Gasteiger partial charge in [-0.15, -0.1) is 0 Å². The Morgan fingerprint density at radius 2 is 0.741 bits per heavy atom. The molecule has 11 rings (SSSR count). The summed E-state index contributed by atoms with van der Waals surface area (Å²) >= 11 is 0. The molecule has 1 heterocycles. The maximum absolute atomic E-state index is 6.30. The Labute approximate surface area is 337 Å². The molecule has 0 aliphatic carbocycles. The Morgan fingerprint density at radius 3 is 1.38 bits per heavy atom. The molecule has 0 aliphatic heterocycles. The van der Waals surface area contributed by atoms with E-state index in [1.165, 1.54) is 49.4 Å². The zero-order valence-corrected chi connectivity index (χ0v) is 31.7. The van der Waals surface area contributed by atoms with Crippen LogP contribution >= 0.6 is 0 Å². The van der Waals surface area contributed by atoms with E-state index in [-0.39, 0.29) is 0 Å². The highest BCUT2D eigenvalue weighted by Gasteiger charge is 2.17. The minimum atomic E-state index is 0.893. The van der Waals surface area contributed by atoms with E-state index in [4.69, 9.17) is 4.42 Å². The van der Waals surface area contributed by atoms with Crippen molar-refractivity contribution in [1.29, 1.82) is 0 Å². The Bertz CT molecular complexity index is 3280. The van der Waals surface area contributed by atoms with Crippen molar-refractivity contribution in [2.75, 3.05) is 4.90 Å². The zero-order valence-electron chi connectivity index (χ0n) is 31.7. The molecule has 11 aromatic rings. The first-order valence-electron chi connectivity index (χ1n) is 19.8. The highest BCUT2D eigenvalue weighted by Crippen LogP contribution is 2.42.